The Kier molecular flexibility index (Phi) is 5.19. The van der Waals surface area contributed by atoms with E-state index in [1.54, 1.807) is 0 Å². The number of ether oxygens (including phenoxy) is 1. The van der Waals surface area contributed by atoms with Crippen LogP contribution >= 0.6 is 0 Å². The average molecular weight is 288 g/mol. The number of hydrogen-bond donors (Lipinski definition) is 1. The van der Waals surface area contributed by atoms with Crippen LogP contribution in [0.5, 0.6) is 0 Å². The highest BCUT2D eigenvalue weighted by molar-refractivity contribution is 7.89. The largest absolute Gasteiger partial charge is 0.464 e. The molecule has 0 bridgehead atoms. The van der Waals surface area contributed by atoms with E-state index in [9.17, 15) is 13.2 Å². The quantitative estimate of drug-likeness (QED) is 0.708. The molecule has 0 aliphatic rings. The minimum atomic E-state index is -3.27. The van der Waals surface area contributed by atoms with E-state index in [1.165, 1.54) is 33.6 Å². The van der Waals surface area contributed by atoms with Crippen LogP contribution in [0.3, 0.4) is 0 Å². The van der Waals surface area contributed by atoms with Crippen molar-refractivity contribution in [2.45, 2.75) is 0 Å². The van der Waals surface area contributed by atoms with Gasteiger partial charge in [-0.15, -0.1) is 0 Å². The van der Waals surface area contributed by atoms with E-state index in [4.69, 9.17) is 0 Å². The molecule has 1 N–H and O–H groups in total. The molecular weight excluding hydrogens is 272 g/mol. The topological polar surface area (TPSA) is 101 Å². The molecule has 0 aliphatic heterocycles. The maximum atomic E-state index is 11.5. The molecule has 0 fully saturated rings. The van der Waals surface area contributed by atoms with Crippen LogP contribution in [0.15, 0.2) is 12.4 Å². The van der Waals surface area contributed by atoms with Crippen molar-refractivity contribution in [1.82, 2.24) is 14.3 Å². The number of carbonyl (C=O) groups is 1. The molecule has 0 amide bonds. The van der Waals surface area contributed by atoms with Gasteiger partial charge in [-0.3, -0.25) is 4.98 Å². The van der Waals surface area contributed by atoms with Gasteiger partial charge in [0.2, 0.25) is 10.0 Å². The summed E-state index contributed by atoms with van der Waals surface area (Å²) >= 11 is 0. The molecule has 0 radical (unpaired) electrons. The first-order valence-electron chi connectivity index (χ1n) is 5.41. The summed E-state index contributed by atoms with van der Waals surface area (Å²) in [5.74, 6) is -0.363. The number of carbonyl (C=O) groups excluding carboxylic acids is 1. The monoisotopic (exact) mass is 288 g/mol. The van der Waals surface area contributed by atoms with Crippen molar-refractivity contribution in [2.24, 2.45) is 0 Å². The first-order valence-corrected chi connectivity index (χ1v) is 7.02. The SMILES string of the molecule is COC(=O)c1cncc(NCCS(=O)(=O)N(C)C)n1. The molecule has 106 valence electrons. The van der Waals surface area contributed by atoms with Gasteiger partial charge in [-0.1, -0.05) is 0 Å². The Bertz CT molecular complexity index is 544. The molecule has 1 heterocycles. The maximum absolute atomic E-state index is 11.5. The number of nitrogens with zero attached hydrogens (tertiary/aromatic N) is 3. The van der Waals surface area contributed by atoms with Crippen LogP contribution < -0.4 is 5.32 Å². The van der Waals surface area contributed by atoms with E-state index >= 15 is 0 Å². The fraction of sp³-hybridized carbons (Fsp3) is 0.500. The number of esters is 1. The molecule has 8 nitrogen and oxygen atoms in total. The number of hydrogen-bond acceptors (Lipinski definition) is 7. The van der Waals surface area contributed by atoms with Gasteiger partial charge in [0.15, 0.2) is 5.69 Å². The molecule has 9 heteroatoms. The van der Waals surface area contributed by atoms with Crippen molar-refractivity contribution >= 4 is 21.8 Å². The highest BCUT2D eigenvalue weighted by atomic mass is 32.2. The summed E-state index contributed by atoms with van der Waals surface area (Å²) in [7, 11) is 0.906. The number of rotatable bonds is 6. The Labute approximate surface area is 111 Å². The fourth-order valence-electron chi connectivity index (χ4n) is 1.14. The maximum Gasteiger partial charge on any atom is 0.358 e. The third kappa shape index (κ3) is 4.45. The lowest BCUT2D eigenvalue weighted by molar-refractivity contribution is 0.0593. The second-order valence-corrected chi connectivity index (χ2v) is 6.11. The van der Waals surface area contributed by atoms with E-state index in [-0.39, 0.29) is 18.0 Å². The van der Waals surface area contributed by atoms with Crippen molar-refractivity contribution in [3.05, 3.63) is 18.1 Å². The molecule has 1 rings (SSSR count). The Balaban J connectivity index is 2.62. The number of anilines is 1. The van der Waals surface area contributed by atoms with Gasteiger partial charge in [-0.2, -0.15) is 0 Å². The first kappa shape index (κ1) is 15.3. The molecule has 0 saturated heterocycles. The normalized spacial score (nSPS) is 11.4. The lowest BCUT2D eigenvalue weighted by atomic mass is 10.4. The van der Waals surface area contributed by atoms with Gasteiger partial charge in [0, 0.05) is 20.6 Å². The third-order valence-electron chi connectivity index (χ3n) is 2.25. The van der Waals surface area contributed by atoms with E-state index in [2.05, 4.69) is 20.0 Å². The number of methoxy groups -OCH3 is 1. The molecule has 0 aliphatic carbocycles. The summed E-state index contributed by atoms with van der Waals surface area (Å²) in [6, 6.07) is 0. The van der Waals surface area contributed by atoms with Gasteiger partial charge < -0.3 is 10.1 Å². The lowest BCUT2D eigenvalue weighted by Crippen LogP contribution is -2.28. The van der Waals surface area contributed by atoms with E-state index in [1.807, 2.05) is 0 Å². The van der Waals surface area contributed by atoms with Gasteiger partial charge in [0.05, 0.1) is 25.3 Å². The van der Waals surface area contributed by atoms with Crippen molar-refractivity contribution in [3.8, 4) is 0 Å². The molecule has 0 atom stereocenters. The van der Waals surface area contributed by atoms with Gasteiger partial charge in [-0.25, -0.2) is 22.5 Å². The average Bonchev–Trinajstić information content (AvgIpc) is 2.37. The highest BCUT2D eigenvalue weighted by Gasteiger charge is 2.13. The van der Waals surface area contributed by atoms with Crippen molar-refractivity contribution in [3.63, 3.8) is 0 Å². The van der Waals surface area contributed by atoms with Crippen LogP contribution in [0.25, 0.3) is 0 Å². The van der Waals surface area contributed by atoms with Gasteiger partial charge in [0.25, 0.3) is 0 Å². The Morgan fingerprint density at radius 2 is 2.11 bits per heavy atom. The van der Waals surface area contributed by atoms with Crippen LogP contribution in [-0.2, 0) is 14.8 Å². The van der Waals surface area contributed by atoms with Crippen molar-refractivity contribution in [2.75, 3.05) is 38.8 Å². The van der Waals surface area contributed by atoms with Crippen LogP contribution in [0.4, 0.5) is 5.82 Å². The smallest absolute Gasteiger partial charge is 0.358 e. The lowest BCUT2D eigenvalue weighted by Gasteiger charge is -2.11. The summed E-state index contributed by atoms with van der Waals surface area (Å²) in [6.45, 7) is 0.166. The standard InChI is InChI=1S/C10H16N4O4S/c1-14(2)19(16,17)5-4-12-9-7-11-6-8(13-9)10(15)18-3/h6-7H,4-5H2,1-3H3,(H,12,13). The summed E-state index contributed by atoms with van der Waals surface area (Å²) in [6.07, 6.45) is 2.67. The molecule has 19 heavy (non-hydrogen) atoms. The first-order chi connectivity index (χ1) is 8.86. The minimum absolute atomic E-state index is 0.0583. The predicted molar refractivity (Wildman–Crippen MR) is 69.3 cm³/mol. The van der Waals surface area contributed by atoms with Crippen molar-refractivity contribution < 1.29 is 17.9 Å². The Morgan fingerprint density at radius 1 is 1.42 bits per heavy atom. The van der Waals surface area contributed by atoms with E-state index < -0.39 is 16.0 Å². The van der Waals surface area contributed by atoms with E-state index in [0.717, 1.165) is 4.31 Å². The second kappa shape index (κ2) is 6.43. The van der Waals surface area contributed by atoms with Crippen LogP contribution in [0.2, 0.25) is 0 Å². The van der Waals surface area contributed by atoms with Crippen LogP contribution in [0, 0.1) is 0 Å². The van der Waals surface area contributed by atoms with Crippen molar-refractivity contribution in [1.29, 1.82) is 0 Å². The zero-order valence-electron chi connectivity index (χ0n) is 11.0. The summed E-state index contributed by atoms with van der Waals surface area (Å²) in [4.78, 5) is 19.0. The van der Waals surface area contributed by atoms with Gasteiger partial charge in [-0.05, 0) is 0 Å². The van der Waals surface area contributed by atoms with E-state index in [0.29, 0.717) is 5.82 Å². The zero-order chi connectivity index (χ0) is 14.5. The fourth-order valence-corrected chi connectivity index (χ4v) is 1.87. The summed E-state index contributed by atoms with van der Waals surface area (Å²) in [5, 5.41) is 2.79. The molecule has 0 spiro atoms. The van der Waals surface area contributed by atoms with Crippen LogP contribution in [0.1, 0.15) is 10.5 Å². The van der Waals surface area contributed by atoms with Crippen LogP contribution in [-0.4, -0.2) is 62.2 Å². The number of nitrogens with one attached hydrogen (secondary N) is 1. The van der Waals surface area contributed by atoms with Gasteiger partial charge in [0.1, 0.15) is 5.82 Å². The minimum Gasteiger partial charge on any atom is -0.464 e. The molecule has 1 aromatic heterocycles. The molecule has 0 unspecified atom stereocenters. The second-order valence-electron chi connectivity index (χ2n) is 3.81. The molecule has 1 aromatic rings. The zero-order valence-corrected chi connectivity index (χ0v) is 11.8. The molecular formula is C10H16N4O4S. The Hall–Kier alpha value is -1.74. The summed E-state index contributed by atoms with van der Waals surface area (Å²) < 4.78 is 28.7. The molecule has 0 saturated carbocycles. The number of sulfonamides is 1. The number of aromatic nitrogens is 2. The highest BCUT2D eigenvalue weighted by Crippen LogP contribution is 2.03. The Morgan fingerprint density at radius 3 is 2.68 bits per heavy atom. The van der Waals surface area contributed by atoms with Gasteiger partial charge >= 0.3 is 5.97 Å². The third-order valence-corrected chi connectivity index (χ3v) is 4.08. The predicted octanol–water partition coefficient (Wildman–Crippen LogP) is -0.433. The molecule has 0 aromatic carbocycles. The summed E-state index contributed by atoms with van der Waals surface area (Å²) in [5.41, 5.74) is 0.0583.